The Morgan fingerprint density at radius 2 is 2.46 bits per heavy atom. The molecule has 2 saturated carbocycles. The van der Waals surface area contributed by atoms with E-state index in [-0.39, 0.29) is 5.97 Å². The lowest BCUT2D eigenvalue weighted by Gasteiger charge is -2.33. The summed E-state index contributed by atoms with van der Waals surface area (Å²) < 4.78 is 4.88. The van der Waals surface area contributed by atoms with Gasteiger partial charge in [-0.3, -0.25) is 0 Å². The first-order valence-corrected chi connectivity index (χ1v) is 5.18. The van der Waals surface area contributed by atoms with E-state index >= 15 is 0 Å². The predicted molar refractivity (Wildman–Crippen MR) is 50.2 cm³/mol. The summed E-state index contributed by atoms with van der Waals surface area (Å²) in [6.07, 6.45) is 6.86. The highest BCUT2D eigenvalue weighted by atomic mass is 16.5. The van der Waals surface area contributed by atoms with Crippen LogP contribution in [0.5, 0.6) is 0 Å². The van der Waals surface area contributed by atoms with Crippen LogP contribution in [-0.2, 0) is 9.53 Å². The number of carbonyl (C=O) groups is 1. The molecular formula is C11H16O2. The van der Waals surface area contributed by atoms with Gasteiger partial charge in [0.25, 0.3) is 0 Å². The van der Waals surface area contributed by atoms with Gasteiger partial charge in [0.1, 0.15) is 0 Å². The quantitative estimate of drug-likeness (QED) is 0.481. The molecule has 0 aromatic heterocycles. The summed E-state index contributed by atoms with van der Waals surface area (Å²) >= 11 is 0. The number of hydrogen-bond acceptors (Lipinski definition) is 2. The van der Waals surface area contributed by atoms with E-state index in [0.29, 0.717) is 6.61 Å². The lowest BCUT2D eigenvalue weighted by molar-refractivity contribution is -0.137. The van der Waals surface area contributed by atoms with Crippen molar-refractivity contribution in [3.8, 4) is 0 Å². The van der Waals surface area contributed by atoms with Crippen molar-refractivity contribution in [1.29, 1.82) is 0 Å². The van der Waals surface area contributed by atoms with Crippen LogP contribution >= 0.6 is 0 Å². The third-order valence-electron chi connectivity index (χ3n) is 3.22. The van der Waals surface area contributed by atoms with Gasteiger partial charge in [0, 0.05) is 6.08 Å². The minimum atomic E-state index is -0.150. The van der Waals surface area contributed by atoms with Crippen LogP contribution < -0.4 is 0 Å². The molecule has 13 heavy (non-hydrogen) atoms. The fourth-order valence-electron chi connectivity index (χ4n) is 2.56. The van der Waals surface area contributed by atoms with E-state index in [1.54, 1.807) is 6.08 Å². The third kappa shape index (κ3) is 1.62. The monoisotopic (exact) mass is 180 g/mol. The number of rotatable bonds is 2. The van der Waals surface area contributed by atoms with Gasteiger partial charge in [0.15, 0.2) is 0 Å². The van der Waals surface area contributed by atoms with Crippen molar-refractivity contribution < 1.29 is 9.53 Å². The number of allylic oxidation sites excluding steroid dienone is 1. The fourth-order valence-corrected chi connectivity index (χ4v) is 2.56. The molecule has 2 aliphatic carbocycles. The molecule has 2 aliphatic rings. The van der Waals surface area contributed by atoms with Crippen molar-refractivity contribution in [2.24, 2.45) is 11.8 Å². The molecule has 2 nitrogen and oxygen atoms in total. The predicted octanol–water partition coefficient (Wildman–Crippen LogP) is 2.30. The van der Waals surface area contributed by atoms with Crippen molar-refractivity contribution >= 4 is 5.97 Å². The van der Waals surface area contributed by atoms with Crippen LogP contribution in [0.2, 0.25) is 0 Å². The Morgan fingerprint density at radius 1 is 1.62 bits per heavy atom. The maximum atomic E-state index is 11.1. The molecule has 2 rings (SSSR count). The Bertz CT molecular complexity index is 242. The van der Waals surface area contributed by atoms with E-state index in [0.717, 1.165) is 18.3 Å². The summed E-state index contributed by atoms with van der Waals surface area (Å²) in [5, 5.41) is 0. The number of hydrogen-bond donors (Lipinski definition) is 0. The van der Waals surface area contributed by atoms with Gasteiger partial charge in [-0.2, -0.15) is 0 Å². The van der Waals surface area contributed by atoms with Gasteiger partial charge in [-0.1, -0.05) is 12.0 Å². The molecule has 0 aromatic carbocycles. The van der Waals surface area contributed by atoms with Gasteiger partial charge >= 0.3 is 5.97 Å². The second kappa shape index (κ2) is 3.52. The molecule has 72 valence electrons. The van der Waals surface area contributed by atoms with Crippen LogP contribution in [0.1, 0.15) is 32.6 Å². The zero-order valence-electron chi connectivity index (χ0n) is 8.08. The number of fused-ring (bicyclic) bond motifs is 1. The van der Waals surface area contributed by atoms with Crippen LogP contribution in [0.4, 0.5) is 0 Å². The van der Waals surface area contributed by atoms with Crippen molar-refractivity contribution in [3.05, 3.63) is 11.6 Å². The second-order valence-electron chi connectivity index (χ2n) is 3.97. The molecule has 2 heteroatoms. The van der Waals surface area contributed by atoms with Gasteiger partial charge in [0.2, 0.25) is 0 Å². The lowest BCUT2D eigenvalue weighted by atomic mass is 9.71. The first-order chi connectivity index (χ1) is 6.31. The molecule has 2 atom stereocenters. The van der Waals surface area contributed by atoms with Gasteiger partial charge in [-0.25, -0.2) is 4.79 Å². The highest BCUT2D eigenvalue weighted by Crippen LogP contribution is 2.50. The summed E-state index contributed by atoms with van der Waals surface area (Å²) in [7, 11) is 0. The smallest absolute Gasteiger partial charge is 0.330 e. The van der Waals surface area contributed by atoms with Crippen LogP contribution in [0.25, 0.3) is 0 Å². The molecule has 0 amide bonds. The maximum absolute atomic E-state index is 11.1. The van der Waals surface area contributed by atoms with Crippen molar-refractivity contribution in [1.82, 2.24) is 0 Å². The van der Waals surface area contributed by atoms with E-state index in [4.69, 9.17) is 4.74 Å². The van der Waals surface area contributed by atoms with E-state index in [1.807, 2.05) is 6.92 Å². The molecular weight excluding hydrogens is 164 g/mol. The van der Waals surface area contributed by atoms with Crippen molar-refractivity contribution in [3.63, 3.8) is 0 Å². The Kier molecular flexibility index (Phi) is 2.38. The third-order valence-corrected chi connectivity index (χ3v) is 3.22. The SMILES string of the molecule is CCOC(=O)/C=C1\C[C@@H]2CCC[C@@H]12. The van der Waals surface area contributed by atoms with Crippen LogP contribution in [0.3, 0.4) is 0 Å². The van der Waals surface area contributed by atoms with Gasteiger partial charge < -0.3 is 4.74 Å². The Morgan fingerprint density at radius 3 is 3.15 bits per heavy atom. The standard InChI is InChI=1S/C11H16O2/c1-2-13-11(12)7-9-6-8-4-3-5-10(8)9/h7-8,10H,2-6H2,1H3/b9-7+/t8-,10+/m0/s1. The average molecular weight is 180 g/mol. The normalized spacial score (nSPS) is 34.1. The first-order valence-electron chi connectivity index (χ1n) is 5.18. The van der Waals surface area contributed by atoms with E-state index < -0.39 is 0 Å². The van der Waals surface area contributed by atoms with Crippen molar-refractivity contribution in [2.45, 2.75) is 32.6 Å². The minimum Gasteiger partial charge on any atom is -0.463 e. The van der Waals surface area contributed by atoms with Crippen LogP contribution in [0.15, 0.2) is 11.6 Å². The van der Waals surface area contributed by atoms with E-state index in [9.17, 15) is 4.79 Å². The minimum absolute atomic E-state index is 0.150. The fraction of sp³-hybridized carbons (Fsp3) is 0.727. The molecule has 0 aliphatic heterocycles. The molecule has 0 N–H and O–H groups in total. The van der Waals surface area contributed by atoms with Crippen LogP contribution in [-0.4, -0.2) is 12.6 Å². The summed E-state index contributed by atoms with van der Waals surface area (Å²) in [6.45, 7) is 2.33. The zero-order valence-corrected chi connectivity index (χ0v) is 8.08. The topological polar surface area (TPSA) is 26.3 Å². The Labute approximate surface area is 79.0 Å². The highest BCUT2D eigenvalue weighted by Gasteiger charge is 2.39. The summed E-state index contributed by atoms with van der Waals surface area (Å²) in [5.41, 5.74) is 1.33. The molecule has 2 fully saturated rings. The summed E-state index contributed by atoms with van der Waals surface area (Å²) in [6, 6.07) is 0. The second-order valence-corrected chi connectivity index (χ2v) is 3.97. The lowest BCUT2D eigenvalue weighted by Crippen LogP contribution is -2.24. The maximum Gasteiger partial charge on any atom is 0.330 e. The summed E-state index contributed by atoms with van der Waals surface area (Å²) in [5.74, 6) is 1.47. The molecule has 0 unspecified atom stereocenters. The zero-order chi connectivity index (χ0) is 9.26. The van der Waals surface area contributed by atoms with E-state index in [1.165, 1.54) is 24.8 Å². The highest BCUT2D eigenvalue weighted by molar-refractivity contribution is 5.83. The summed E-state index contributed by atoms with van der Waals surface area (Å²) in [4.78, 5) is 11.1. The van der Waals surface area contributed by atoms with E-state index in [2.05, 4.69) is 0 Å². The molecule has 0 bridgehead atoms. The molecule has 0 saturated heterocycles. The largest absolute Gasteiger partial charge is 0.463 e. The van der Waals surface area contributed by atoms with Crippen molar-refractivity contribution in [2.75, 3.05) is 6.61 Å². The average Bonchev–Trinajstić information content (AvgIpc) is 2.43. The Balaban J connectivity index is 1.91. The first kappa shape index (κ1) is 8.79. The molecule has 0 spiro atoms. The molecule has 0 aromatic rings. The number of ether oxygens (including phenoxy) is 1. The molecule has 0 heterocycles. The van der Waals surface area contributed by atoms with Gasteiger partial charge in [-0.05, 0) is 38.0 Å². The van der Waals surface area contributed by atoms with Crippen LogP contribution in [0, 0.1) is 11.8 Å². The molecule has 0 radical (unpaired) electrons. The van der Waals surface area contributed by atoms with Gasteiger partial charge in [-0.15, -0.1) is 0 Å². The number of esters is 1. The Hall–Kier alpha value is -0.790. The van der Waals surface area contributed by atoms with Gasteiger partial charge in [0.05, 0.1) is 6.61 Å². The number of carbonyl (C=O) groups excluding carboxylic acids is 1.